The van der Waals surface area contributed by atoms with Crippen LogP contribution in [0.3, 0.4) is 0 Å². The van der Waals surface area contributed by atoms with E-state index in [2.05, 4.69) is 9.97 Å². The molecule has 1 saturated heterocycles. The second kappa shape index (κ2) is 4.97. The molecular formula is C12H15N5O2S. The van der Waals surface area contributed by atoms with Gasteiger partial charge in [-0.2, -0.15) is 0 Å². The van der Waals surface area contributed by atoms with Crippen LogP contribution in [-0.4, -0.2) is 46.2 Å². The zero-order valence-corrected chi connectivity index (χ0v) is 11.6. The van der Waals surface area contributed by atoms with Gasteiger partial charge in [-0.05, 0) is 11.6 Å². The van der Waals surface area contributed by atoms with E-state index >= 15 is 0 Å². The molecule has 1 aliphatic heterocycles. The van der Waals surface area contributed by atoms with Gasteiger partial charge < -0.3 is 0 Å². The summed E-state index contributed by atoms with van der Waals surface area (Å²) in [5.41, 5.74) is 1.04. The average molecular weight is 293 g/mol. The molecule has 2 N–H and O–H groups in total. The van der Waals surface area contributed by atoms with Crippen molar-refractivity contribution in [2.45, 2.75) is 11.8 Å². The first kappa shape index (κ1) is 13.2. The summed E-state index contributed by atoms with van der Waals surface area (Å²) >= 11 is 0. The fourth-order valence-electron chi connectivity index (χ4n) is 2.18. The summed E-state index contributed by atoms with van der Waals surface area (Å²) < 4.78 is 24.1. The summed E-state index contributed by atoms with van der Waals surface area (Å²) in [6.07, 6.45) is 7.00. The number of sulfonamides is 1. The van der Waals surface area contributed by atoms with Crippen molar-refractivity contribution in [2.75, 3.05) is 13.1 Å². The molecule has 0 aromatic carbocycles. The number of hydrogen-bond donors (Lipinski definition) is 1. The first-order valence-electron chi connectivity index (χ1n) is 6.19. The normalized spacial score (nSPS) is 17.1. The van der Waals surface area contributed by atoms with Gasteiger partial charge in [0, 0.05) is 38.2 Å². The second-order valence-electron chi connectivity index (χ2n) is 4.90. The van der Waals surface area contributed by atoms with Gasteiger partial charge in [0.2, 0.25) is 10.0 Å². The number of likely N-dealkylation sites (tertiary alicyclic amines) is 1. The fraction of sp³-hybridized carbons (Fsp3) is 0.333. The molecule has 0 amide bonds. The summed E-state index contributed by atoms with van der Waals surface area (Å²) in [6, 6.07) is 3.89. The molecule has 106 valence electrons. The van der Waals surface area contributed by atoms with Crippen LogP contribution >= 0.6 is 0 Å². The summed E-state index contributed by atoms with van der Waals surface area (Å²) in [5.74, 6) is 0.803. The largest absolute Gasteiger partial charge is 0.296 e. The molecule has 0 bridgehead atoms. The Labute approximate surface area is 117 Å². The van der Waals surface area contributed by atoms with Gasteiger partial charge >= 0.3 is 0 Å². The van der Waals surface area contributed by atoms with Crippen LogP contribution < -0.4 is 5.14 Å². The SMILES string of the molecule is NS(=O)(=O)C1CN(Cc2ccc(-n3ccnc3)nc2)C1. The second-order valence-corrected chi connectivity index (χ2v) is 6.74. The Balaban J connectivity index is 1.60. The molecule has 8 heteroatoms. The fourth-order valence-corrected chi connectivity index (χ4v) is 3.01. The highest BCUT2D eigenvalue weighted by atomic mass is 32.2. The van der Waals surface area contributed by atoms with Crippen molar-refractivity contribution in [3.63, 3.8) is 0 Å². The maximum atomic E-state index is 11.1. The molecule has 0 radical (unpaired) electrons. The van der Waals surface area contributed by atoms with Crippen LogP contribution in [0.5, 0.6) is 0 Å². The standard InChI is InChI=1S/C12H15N5O2S/c13-20(18,19)11-7-16(8-11)6-10-1-2-12(15-5-10)17-4-3-14-9-17/h1-5,9,11H,6-8H2,(H2,13,18,19). The third-order valence-electron chi connectivity index (χ3n) is 3.37. The van der Waals surface area contributed by atoms with E-state index in [0.717, 1.165) is 11.4 Å². The summed E-state index contributed by atoms with van der Waals surface area (Å²) in [6.45, 7) is 1.66. The van der Waals surface area contributed by atoms with Gasteiger partial charge in [-0.1, -0.05) is 6.07 Å². The molecular weight excluding hydrogens is 278 g/mol. The maximum Gasteiger partial charge on any atom is 0.214 e. The number of pyridine rings is 1. The number of hydrogen-bond acceptors (Lipinski definition) is 5. The van der Waals surface area contributed by atoms with E-state index in [1.54, 1.807) is 18.7 Å². The molecule has 3 rings (SSSR count). The van der Waals surface area contributed by atoms with E-state index in [1.807, 2.05) is 27.8 Å². The van der Waals surface area contributed by atoms with E-state index in [1.165, 1.54) is 0 Å². The lowest BCUT2D eigenvalue weighted by Crippen LogP contribution is -2.55. The zero-order chi connectivity index (χ0) is 14.2. The minimum absolute atomic E-state index is 0.430. The molecule has 3 heterocycles. The Morgan fingerprint density at radius 1 is 1.35 bits per heavy atom. The molecule has 1 aliphatic rings. The molecule has 0 saturated carbocycles. The van der Waals surface area contributed by atoms with Crippen molar-refractivity contribution in [3.05, 3.63) is 42.6 Å². The van der Waals surface area contributed by atoms with Crippen LogP contribution in [0.25, 0.3) is 5.82 Å². The topological polar surface area (TPSA) is 94.1 Å². The third-order valence-corrected chi connectivity index (χ3v) is 4.60. The van der Waals surface area contributed by atoms with Gasteiger partial charge in [0.05, 0.1) is 0 Å². The predicted molar refractivity (Wildman–Crippen MR) is 73.5 cm³/mol. The van der Waals surface area contributed by atoms with Gasteiger partial charge in [-0.15, -0.1) is 0 Å². The monoisotopic (exact) mass is 293 g/mol. The molecule has 0 atom stereocenters. The van der Waals surface area contributed by atoms with Gasteiger partial charge in [0.1, 0.15) is 17.4 Å². The first-order chi connectivity index (χ1) is 9.52. The van der Waals surface area contributed by atoms with Crippen molar-refractivity contribution >= 4 is 10.0 Å². The van der Waals surface area contributed by atoms with Crippen LogP contribution in [-0.2, 0) is 16.6 Å². The average Bonchev–Trinajstić information content (AvgIpc) is 2.86. The Bertz CT molecular complexity index is 675. The van der Waals surface area contributed by atoms with E-state index < -0.39 is 15.3 Å². The Morgan fingerprint density at radius 3 is 2.70 bits per heavy atom. The number of primary sulfonamides is 1. The lowest BCUT2D eigenvalue weighted by Gasteiger charge is -2.37. The van der Waals surface area contributed by atoms with Crippen molar-refractivity contribution in [3.8, 4) is 5.82 Å². The van der Waals surface area contributed by atoms with Gasteiger partial charge in [-0.25, -0.2) is 23.5 Å². The highest BCUT2D eigenvalue weighted by Gasteiger charge is 2.34. The highest BCUT2D eigenvalue weighted by Crippen LogP contribution is 2.17. The predicted octanol–water partition coefficient (Wildman–Crippen LogP) is -0.260. The van der Waals surface area contributed by atoms with E-state index in [4.69, 9.17) is 5.14 Å². The van der Waals surface area contributed by atoms with Crippen molar-refractivity contribution in [1.29, 1.82) is 0 Å². The smallest absolute Gasteiger partial charge is 0.214 e. The van der Waals surface area contributed by atoms with Crippen molar-refractivity contribution < 1.29 is 8.42 Å². The van der Waals surface area contributed by atoms with Crippen LogP contribution in [0, 0.1) is 0 Å². The molecule has 0 aliphatic carbocycles. The third kappa shape index (κ3) is 2.72. The number of aromatic nitrogens is 3. The molecule has 2 aromatic heterocycles. The molecule has 0 spiro atoms. The minimum Gasteiger partial charge on any atom is -0.296 e. The first-order valence-corrected chi connectivity index (χ1v) is 7.80. The van der Waals surface area contributed by atoms with Crippen LogP contribution in [0.4, 0.5) is 0 Å². The van der Waals surface area contributed by atoms with Gasteiger partial charge in [0.15, 0.2) is 0 Å². The van der Waals surface area contributed by atoms with Crippen LogP contribution in [0.2, 0.25) is 0 Å². The number of rotatable bonds is 4. The Hall–Kier alpha value is -1.77. The minimum atomic E-state index is -3.40. The summed E-state index contributed by atoms with van der Waals surface area (Å²) in [7, 11) is -3.40. The highest BCUT2D eigenvalue weighted by molar-refractivity contribution is 7.89. The Kier molecular flexibility index (Phi) is 3.28. The van der Waals surface area contributed by atoms with Crippen LogP contribution in [0.1, 0.15) is 5.56 Å². The Morgan fingerprint density at radius 2 is 2.15 bits per heavy atom. The molecule has 2 aromatic rings. The lowest BCUT2D eigenvalue weighted by atomic mass is 10.1. The number of imidazole rings is 1. The maximum absolute atomic E-state index is 11.1. The quantitative estimate of drug-likeness (QED) is 0.838. The molecule has 20 heavy (non-hydrogen) atoms. The summed E-state index contributed by atoms with van der Waals surface area (Å²) in [4.78, 5) is 10.4. The van der Waals surface area contributed by atoms with Gasteiger partial charge in [0.25, 0.3) is 0 Å². The van der Waals surface area contributed by atoms with Crippen molar-refractivity contribution in [1.82, 2.24) is 19.4 Å². The number of nitrogens with zero attached hydrogens (tertiary/aromatic N) is 4. The van der Waals surface area contributed by atoms with E-state index in [0.29, 0.717) is 19.6 Å². The molecule has 0 unspecified atom stereocenters. The summed E-state index contributed by atoms with van der Waals surface area (Å²) in [5, 5.41) is 4.67. The molecule has 1 fully saturated rings. The van der Waals surface area contributed by atoms with E-state index in [-0.39, 0.29) is 0 Å². The lowest BCUT2D eigenvalue weighted by molar-refractivity contribution is 0.176. The van der Waals surface area contributed by atoms with Crippen LogP contribution in [0.15, 0.2) is 37.1 Å². The van der Waals surface area contributed by atoms with Gasteiger partial charge in [-0.3, -0.25) is 9.47 Å². The van der Waals surface area contributed by atoms with Crippen molar-refractivity contribution in [2.24, 2.45) is 5.14 Å². The molecule has 7 nitrogen and oxygen atoms in total. The van der Waals surface area contributed by atoms with E-state index in [9.17, 15) is 8.42 Å². The zero-order valence-electron chi connectivity index (χ0n) is 10.8. The number of nitrogens with two attached hydrogens (primary N) is 1.